The summed E-state index contributed by atoms with van der Waals surface area (Å²) in [7, 11) is 0. The Hall–Kier alpha value is -2.75. The van der Waals surface area contributed by atoms with Crippen LogP contribution in [0.3, 0.4) is 0 Å². The zero-order valence-electron chi connectivity index (χ0n) is 20.9. The van der Waals surface area contributed by atoms with Gasteiger partial charge in [0, 0.05) is 40.2 Å². The number of carbonyl (C=O) groups is 2. The molecule has 8 nitrogen and oxygen atoms in total. The van der Waals surface area contributed by atoms with Crippen LogP contribution in [0.1, 0.15) is 58.5 Å². The molecular formula is C26H28Cl2N6O2S. The van der Waals surface area contributed by atoms with Crippen LogP contribution in [0.5, 0.6) is 0 Å². The van der Waals surface area contributed by atoms with Gasteiger partial charge in [0.2, 0.25) is 11.8 Å². The number of thiophene rings is 1. The van der Waals surface area contributed by atoms with Gasteiger partial charge < -0.3 is 10.2 Å². The third-order valence-electron chi connectivity index (χ3n) is 7.06. The van der Waals surface area contributed by atoms with Gasteiger partial charge in [-0.05, 0) is 51.3 Å². The molecule has 2 aromatic heterocycles. The molecular weight excluding hydrogens is 531 g/mol. The summed E-state index contributed by atoms with van der Waals surface area (Å²) in [4.78, 5) is 33.2. The minimum Gasteiger partial charge on any atom is -0.353 e. The van der Waals surface area contributed by atoms with E-state index in [1.807, 2.05) is 35.8 Å². The third-order valence-corrected chi connectivity index (χ3v) is 8.74. The highest BCUT2D eigenvalue weighted by molar-refractivity contribution is 7.15. The first-order chi connectivity index (χ1) is 17.8. The van der Waals surface area contributed by atoms with E-state index in [0.29, 0.717) is 36.8 Å². The normalized spacial score (nSPS) is 17.6. The maximum absolute atomic E-state index is 13.2. The van der Waals surface area contributed by atoms with Crippen LogP contribution in [-0.4, -0.2) is 62.2 Å². The predicted molar refractivity (Wildman–Crippen MR) is 146 cm³/mol. The zero-order valence-corrected chi connectivity index (χ0v) is 23.3. The van der Waals surface area contributed by atoms with E-state index in [4.69, 9.17) is 28.2 Å². The Morgan fingerprint density at radius 3 is 2.49 bits per heavy atom. The number of hydrogen-bond donors (Lipinski definition) is 1. The van der Waals surface area contributed by atoms with Gasteiger partial charge in [-0.25, -0.2) is 0 Å². The van der Waals surface area contributed by atoms with Crippen LogP contribution >= 0.6 is 34.5 Å². The van der Waals surface area contributed by atoms with E-state index >= 15 is 0 Å². The van der Waals surface area contributed by atoms with Crippen LogP contribution in [0.4, 0.5) is 0 Å². The maximum Gasteiger partial charge on any atom is 0.237 e. The highest BCUT2D eigenvalue weighted by Crippen LogP contribution is 2.39. The number of aromatic nitrogens is 3. The third kappa shape index (κ3) is 5.04. The molecule has 4 heterocycles. The predicted octanol–water partition coefficient (Wildman–Crippen LogP) is 4.54. The number of alkyl halides is 1. The standard InChI is InChI=1S/C26H28Cl2N6O2S/c1-14-15(2)37-26-23(14)24(17-4-6-18(28)7-5-17)30-20(25-32-31-16(3)34(25)26)12-21(35)29-19-8-10-33(11-9-19)22(36)13-27/h4-7,19-20H,8-13H2,1-3H3,(H,29,35)/t20-/m0/s1. The summed E-state index contributed by atoms with van der Waals surface area (Å²) >= 11 is 13.5. The second kappa shape index (κ2) is 10.6. The number of carbonyl (C=O) groups excluding carboxylic acids is 2. The van der Waals surface area contributed by atoms with Crippen LogP contribution in [0, 0.1) is 20.8 Å². The van der Waals surface area contributed by atoms with E-state index in [-0.39, 0.29) is 30.2 Å². The lowest BCUT2D eigenvalue weighted by atomic mass is 9.99. The molecule has 1 atom stereocenters. The van der Waals surface area contributed by atoms with Gasteiger partial charge in [0.15, 0.2) is 5.82 Å². The molecule has 0 radical (unpaired) electrons. The number of aryl methyl sites for hydroxylation is 2. The van der Waals surface area contributed by atoms with E-state index in [9.17, 15) is 9.59 Å². The molecule has 2 aliphatic rings. The molecule has 0 spiro atoms. The van der Waals surface area contributed by atoms with Gasteiger partial charge in [0.25, 0.3) is 0 Å². The molecule has 1 fully saturated rings. The van der Waals surface area contributed by atoms with E-state index < -0.39 is 6.04 Å². The quantitative estimate of drug-likeness (QED) is 0.465. The first kappa shape index (κ1) is 25.9. The number of rotatable bonds is 5. The molecule has 194 valence electrons. The van der Waals surface area contributed by atoms with Gasteiger partial charge in [-0.3, -0.25) is 19.1 Å². The van der Waals surface area contributed by atoms with Gasteiger partial charge in [-0.15, -0.1) is 33.1 Å². The molecule has 0 bridgehead atoms. The lowest BCUT2D eigenvalue weighted by Gasteiger charge is -2.32. The van der Waals surface area contributed by atoms with Crippen molar-refractivity contribution in [2.24, 2.45) is 4.99 Å². The van der Waals surface area contributed by atoms with Gasteiger partial charge in [-0.2, -0.15) is 0 Å². The van der Waals surface area contributed by atoms with Crippen LogP contribution in [0.25, 0.3) is 5.00 Å². The number of benzene rings is 1. The molecule has 1 aromatic carbocycles. The van der Waals surface area contributed by atoms with Gasteiger partial charge in [-0.1, -0.05) is 23.7 Å². The molecule has 5 rings (SSSR count). The van der Waals surface area contributed by atoms with E-state index in [2.05, 4.69) is 29.4 Å². The number of likely N-dealkylation sites (tertiary alicyclic amines) is 1. The Bertz CT molecular complexity index is 1370. The lowest BCUT2D eigenvalue weighted by molar-refractivity contribution is -0.129. The lowest BCUT2D eigenvalue weighted by Crippen LogP contribution is -2.47. The summed E-state index contributed by atoms with van der Waals surface area (Å²) in [6, 6.07) is 7.13. The Morgan fingerprint density at radius 1 is 1.11 bits per heavy atom. The van der Waals surface area contributed by atoms with Crippen LogP contribution in [-0.2, 0) is 9.59 Å². The first-order valence-corrected chi connectivity index (χ1v) is 14.0. The number of aliphatic imine (C=N–C) groups is 1. The van der Waals surface area contributed by atoms with Crippen molar-refractivity contribution in [2.45, 2.75) is 52.1 Å². The Kier molecular flexibility index (Phi) is 7.38. The van der Waals surface area contributed by atoms with Crippen LogP contribution in [0.15, 0.2) is 29.3 Å². The molecule has 0 unspecified atom stereocenters. The molecule has 0 saturated carbocycles. The highest BCUT2D eigenvalue weighted by Gasteiger charge is 2.33. The van der Waals surface area contributed by atoms with Crippen molar-refractivity contribution in [1.29, 1.82) is 0 Å². The molecule has 1 saturated heterocycles. The number of hydrogen-bond acceptors (Lipinski definition) is 6. The summed E-state index contributed by atoms with van der Waals surface area (Å²) in [6.45, 7) is 7.30. The summed E-state index contributed by atoms with van der Waals surface area (Å²) < 4.78 is 2.04. The van der Waals surface area contributed by atoms with E-state index in [0.717, 1.165) is 33.2 Å². The van der Waals surface area contributed by atoms with Gasteiger partial charge >= 0.3 is 0 Å². The van der Waals surface area contributed by atoms with Crippen molar-refractivity contribution in [1.82, 2.24) is 25.0 Å². The fourth-order valence-corrected chi connectivity index (χ4v) is 6.46. The van der Waals surface area contributed by atoms with Crippen LogP contribution < -0.4 is 5.32 Å². The van der Waals surface area contributed by atoms with Gasteiger partial charge in [0.1, 0.15) is 22.7 Å². The molecule has 37 heavy (non-hydrogen) atoms. The van der Waals surface area contributed by atoms with E-state index in [1.165, 1.54) is 4.88 Å². The molecule has 2 aliphatic heterocycles. The van der Waals surface area contributed by atoms with Crippen molar-refractivity contribution in [3.05, 3.63) is 62.5 Å². The van der Waals surface area contributed by atoms with Gasteiger partial charge in [0.05, 0.1) is 12.1 Å². The molecule has 1 N–H and O–H groups in total. The Morgan fingerprint density at radius 2 is 1.81 bits per heavy atom. The fourth-order valence-electron chi connectivity index (χ4n) is 4.95. The number of fused-ring (bicyclic) bond motifs is 3. The van der Waals surface area contributed by atoms with Crippen molar-refractivity contribution in [3.63, 3.8) is 0 Å². The molecule has 11 heteroatoms. The van der Waals surface area contributed by atoms with E-state index in [1.54, 1.807) is 16.2 Å². The second-order valence-electron chi connectivity index (χ2n) is 9.46. The van der Waals surface area contributed by atoms with Crippen molar-refractivity contribution >= 4 is 52.1 Å². The summed E-state index contributed by atoms with van der Waals surface area (Å²) in [5.74, 6) is 1.23. The number of nitrogens with zero attached hydrogens (tertiary/aromatic N) is 5. The van der Waals surface area contributed by atoms with Crippen LogP contribution in [0.2, 0.25) is 5.02 Å². The monoisotopic (exact) mass is 558 g/mol. The zero-order chi connectivity index (χ0) is 26.3. The second-order valence-corrected chi connectivity index (χ2v) is 11.4. The van der Waals surface area contributed by atoms with Crippen molar-refractivity contribution < 1.29 is 9.59 Å². The highest BCUT2D eigenvalue weighted by atomic mass is 35.5. The SMILES string of the molecule is Cc1sc2c(c1C)C(c1ccc(Cl)cc1)=N[C@@H](CC(=O)NC1CCN(C(=O)CCl)CC1)c1nnc(C)n1-2. The average molecular weight is 560 g/mol. The minimum atomic E-state index is -0.510. The first-order valence-electron chi connectivity index (χ1n) is 12.3. The summed E-state index contributed by atoms with van der Waals surface area (Å²) in [5.41, 5.74) is 3.94. The number of halogens is 2. The molecule has 3 aromatic rings. The maximum atomic E-state index is 13.2. The Balaban J connectivity index is 1.46. The fraction of sp³-hybridized carbons (Fsp3) is 0.423. The van der Waals surface area contributed by atoms with Crippen molar-refractivity contribution in [3.8, 4) is 5.00 Å². The molecule has 2 amide bonds. The minimum absolute atomic E-state index is 0.00323. The number of amides is 2. The smallest absolute Gasteiger partial charge is 0.237 e. The average Bonchev–Trinajstić information content (AvgIpc) is 3.36. The van der Waals surface area contributed by atoms with Crippen molar-refractivity contribution in [2.75, 3.05) is 19.0 Å². The largest absolute Gasteiger partial charge is 0.353 e. The summed E-state index contributed by atoms with van der Waals surface area (Å²) in [6.07, 6.45) is 1.54. The topological polar surface area (TPSA) is 92.5 Å². The molecule has 0 aliphatic carbocycles. The summed E-state index contributed by atoms with van der Waals surface area (Å²) in [5, 5.41) is 13.6. The number of piperidine rings is 1. The number of nitrogens with one attached hydrogen (secondary N) is 1. The Labute approximate surface area is 229 Å².